The van der Waals surface area contributed by atoms with Crippen LogP contribution in [0.3, 0.4) is 0 Å². The Hall–Kier alpha value is -0.480. The third-order valence-electron chi connectivity index (χ3n) is 3.88. The van der Waals surface area contributed by atoms with Crippen molar-refractivity contribution in [3.05, 3.63) is 27.2 Å². The largest absolute Gasteiger partial charge is 0.324 e. The number of carbonyl (C=O) groups excluding carboxylic acids is 1. The number of benzene rings is 1. The summed E-state index contributed by atoms with van der Waals surface area (Å²) in [5.41, 5.74) is 0.512. The topological polar surface area (TPSA) is 32.3 Å². The molecule has 1 N–H and O–H groups in total. The van der Waals surface area contributed by atoms with E-state index < -0.39 is 0 Å². The Kier molecular flexibility index (Phi) is 4.65. The molecule has 114 valence electrons. The molecule has 0 bridgehead atoms. The highest BCUT2D eigenvalue weighted by atomic mass is 35.5. The summed E-state index contributed by atoms with van der Waals surface area (Å²) in [5.74, 6) is 0.731. The van der Waals surface area contributed by atoms with Crippen LogP contribution in [0.4, 0.5) is 5.69 Å². The van der Waals surface area contributed by atoms with Crippen molar-refractivity contribution in [3.63, 3.8) is 0 Å². The lowest BCUT2D eigenvalue weighted by Crippen LogP contribution is -2.36. The SMILES string of the molecule is O=C(CN(CC1CC1)C1CC1)Nc1cc(Cl)c(Cl)cc1Cl. The van der Waals surface area contributed by atoms with Gasteiger partial charge >= 0.3 is 0 Å². The maximum Gasteiger partial charge on any atom is 0.238 e. The fourth-order valence-corrected chi connectivity index (χ4v) is 3.00. The summed E-state index contributed by atoms with van der Waals surface area (Å²) >= 11 is 17.9. The first-order valence-electron chi connectivity index (χ1n) is 7.21. The molecule has 0 unspecified atom stereocenters. The molecule has 0 radical (unpaired) electrons. The van der Waals surface area contributed by atoms with Gasteiger partial charge in [0.15, 0.2) is 0 Å². The monoisotopic (exact) mass is 346 g/mol. The Balaban J connectivity index is 1.61. The number of carbonyl (C=O) groups is 1. The number of amides is 1. The second kappa shape index (κ2) is 6.33. The number of anilines is 1. The average Bonchev–Trinajstić information content (AvgIpc) is 3.26. The maximum absolute atomic E-state index is 12.2. The molecule has 0 aliphatic heterocycles. The molecule has 2 fully saturated rings. The van der Waals surface area contributed by atoms with E-state index >= 15 is 0 Å². The number of hydrogen-bond acceptors (Lipinski definition) is 2. The van der Waals surface area contributed by atoms with Gasteiger partial charge in [0, 0.05) is 12.6 Å². The number of rotatable bonds is 6. The van der Waals surface area contributed by atoms with E-state index in [0.717, 1.165) is 12.5 Å². The zero-order valence-corrected chi connectivity index (χ0v) is 13.8. The molecular formula is C15H17Cl3N2O. The average molecular weight is 348 g/mol. The Bertz CT molecular complexity index is 556. The van der Waals surface area contributed by atoms with E-state index in [1.54, 1.807) is 12.1 Å². The number of nitrogens with one attached hydrogen (secondary N) is 1. The minimum absolute atomic E-state index is 0.0529. The van der Waals surface area contributed by atoms with Crippen molar-refractivity contribution < 1.29 is 4.79 Å². The lowest BCUT2D eigenvalue weighted by Gasteiger charge is -2.21. The second-order valence-corrected chi connectivity index (χ2v) is 7.12. The van der Waals surface area contributed by atoms with Crippen molar-refractivity contribution >= 4 is 46.4 Å². The molecule has 1 aromatic carbocycles. The molecule has 21 heavy (non-hydrogen) atoms. The van der Waals surface area contributed by atoms with Crippen molar-refractivity contribution in [2.45, 2.75) is 31.7 Å². The molecule has 6 heteroatoms. The number of hydrogen-bond donors (Lipinski definition) is 1. The van der Waals surface area contributed by atoms with Gasteiger partial charge in [0.1, 0.15) is 0 Å². The maximum atomic E-state index is 12.2. The normalized spacial score (nSPS) is 18.1. The highest BCUT2D eigenvalue weighted by molar-refractivity contribution is 6.44. The van der Waals surface area contributed by atoms with Gasteiger partial charge in [-0.25, -0.2) is 0 Å². The van der Waals surface area contributed by atoms with E-state index in [-0.39, 0.29) is 5.91 Å². The Morgan fingerprint density at radius 1 is 1.10 bits per heavy atom. The van der Waals surface area contributed by atoms with E-state index in [0.29, 0.717) is 33.3 Å². The molecule has 0 saturated heterocycles. The molecule has 0 aromatic heterocycles. The van der Waals surface area contributed by atoms with Gasteiger partial charge in [-0.1, -0.05) is 34.8 Å². The summed E-state index contributed by atoms with van der Waals surface area (Å²) in [5, 5.41) is 4.00. The summed E-state index contributed by atoms with van der Waals surface area (Å²) in [6.07, 6.45) is 4.99. The van der Waals surface area contributed by atoms with Gasteiger partial charge < -0.3 is 5.32 Å². The predicted octanol–water partition coefficient (Wildman–Crippen LogP) is 4.46. The Morgan fingerprint density at radius 3 is 2.38 bits per heavy atom. The first kappa shape index (κ1) is 15.4. The minimum atomic E-state index is -0.0529. The first-order valence-corrected chi connectivity index (χ1v) is 8.35. The summed E-state index contributed by atoms with van der Waals surface area (Å²) in [4.78, 5) is 14.5. The molecule has 3 rings (SSSR count). The van der Waals surface area contributed by atoms with E-state index in [1.807, 2.05) is 0 Å². The number of halogens is 3. The fourth-order valence-electron chi connectivity index (χ4n) is 2.41. The molecule has 2 saturated carbocycles. The quantitative estimate of drug-likeness (QED) is 0.771. The van der Waals surface area contributed by atoms with E-state index in [2.05, 4.69) is 10.2 Å². The smallest absolute Gasteiger partial charge is 0.238 e. The summed E-state index contributed by atoms with van der Waals surface area (Å²) in [6, 6.07) is 3.72. The van der Waals surface area contributed by atoms with Crippen LogP contribution in [0.1, 0.15) is 25.7 Å². The third-order valence-corrected chi connectivity index (χ3v) is 4.92. The second-order valence-electron chi connectivity index (χ2n) is 5.90. The van der Waals surface area contributed by atoms with Gasteiger partial charge in [0.25, 0.3) is 0 Å². The zero-order valence-electron chi connectivity index (χ0n) is 11.5. The van der Waals surface area contributed by atoms with Gasteiger partial charge in [-0.15, -0.1) is 0 Å². The predicted molar refractivity (Wildman–Crippen MR) is 87.4 cm³/mol. The Labute approximate surface area is 139 Å². The van der Waals surface area contributed by atoms with Crippen molar-refractivity contribution in [3.8, 4) is 0 Å². The van der Waals surface area contributed by atoms with E-state index in [4.69, 9.17) is 34.8 Å². The Morgan fingerprint density at radius 2 is 1.76 bits per heavy atom. The molecule has 1 amide bonds. The lowest BCUT2D eigenvalue weighted by molar-refractivity contribution is -0.117. The van der Waals surface area contributed by atoms with Crippen molar-refractivity contribution in [1.29, 1.82) is 0 Å². The van der Waals surface area contributed by atoms with Gasteiger partial charge in [0.2, 0.25) is 5.91 Å². The molecule has 0 heterocycles. The summed E-state index contributed by atoms with van der Waals surface area (Å²) in [6.45, 7) is 1.45. The van der Waals surface area contributed by atoms with Crippen LogP contribution in [-0.4, -0.2) is 29.9 Å². The van der Waals surface area contributed by atoms with Crippen molar-refractivity contribution in [1.82, 2.24) is 4.90 Å². The number of nitrogens with zero attached hydrogens (tertiary/aromatic N) is 1. The first-order chi connectivity index (χ1) is 10.0. The molecule has 1 aromatic rings. The fraction of sp³-hybridized carbons (Fsp3) is 0.533. The van der Waals surface area contributed by atoms with Crippen molar-refractivity contribution in [2.24, 2.45) is 5.92 Å². The van der Waals surface area contributed by atoms with Crippen molar-refractivity contribution in [2.75, 3.05) is 18.4 Å². The third kappa shape index (κ3) is 4.26. The minimum Gasteiger partial charge on any atom is -0.324 e. The summed E-state index contributed by atoms with van der Waals surface area (Å²) in [7, 11) is 0. The van der Waals surface area contributed by atoms with Crippen LogP contribution in [0.5, 0.6) is 0 Å². The molecule has 2 aliphatic carbocycles. The van der Waals surface area contributed by atoms with Crippen LogP contribution in [0.2, 0.25) is 15.1 Å². The molecule has 0 atom stereocenters. The van der Waals surface area contributed by atoms with Crippen LogP contribution in [0.15, 0.2) is 12.1 Å². The van der Waals surface area contributed by atoms with Gasteiger partial charge in [-0.3, -0.25) is 9.69 Å². The highest BCUT2D eigenvalue weighted by Gasteiger charge is 2.34. The summed E-state index contributed by atoms with van der Waals surface area (Å²) < 4.78 is 0. The van der Waals surface area contributed by atoms with Gasteiger partial charge in [-0.05, 0) is 43.7 Å². The van der Waals surface area contributed by atoms with Gasteiger partial charge in [-0.2, -0.15) is 0 Å². The standard InChI is InChI=1S/C15H17Cl3N2O/c16-11-5-13(18)14(6-12(11)17)19-15(21)8-20(10-3-4-10)7-9-1-2-9/h5-6,9-10H,1-4,7-8H2,(H,19,21). The zero-order chi connectivity index (χ0) is 15.0. The van der Waals surface area contributed by atoms with Crippen LogP contribution in [-0.2, 0) is 4.79 Å². The molecule has 3 nitrogen and oxygen atoms in total. The van der Waals surface area contributed by atoms with Crippen LogP contribution in [0, 0.1) is 5.92 Å². The van der Waals surface area contributed by atoms with Crippen LogP contribution in [0.25, 0.3) is 0 Å². The molecule has 0 spiro atoms. The van der Waals surface area contributed by atoms with E-state index in [9.17, 15) is 4.79 Å². The highest BCUT2D eigenvalue weighted by Crippen LogP contribution is 2.35. The van der Waals surface area contributed by atoms with Crippen LogP contribution >= 0.6 is 34.8 Å². The van der Waals surface area contributed by atoms with E-state index in [1.165, 1.54) is 25.7 Å². The molecule has 2 aliphatic rings. The lowest BCUT2D eigenvalue weighted by atomic mass is 10.3. The van der Waals surface area contributed by atoms with Gasteiger partial charge in [0.05, 0.1) is 27.3 Å². The van der Waals surface area contributed by atoms with Crippen LogP contribution < -0.4 is 5.32 Å². The molecular weight excluding hydrogens is 331 g/mol.